The molecular weight excluding hydrogens is 442 g/mol. The lowest BCUT2D eigenvalue weighted by Crippen LogP contribution is -2.70. The zero-order valence-corrected chi connectivity index (χ0v) is 19.3. The van der Waals surface area contributed by atoms with Crippen molar-refractivity contribution >= 4 is 17.7 Å². The van der Waals surface area contributed by atoms with E-state index in [1.165, 1.54) is 0 Å². The summed E-state index contributed by atoms with van der Waals surface area (Å²) < 4.78 is 5.69. The molecule has 0 aliphatic carbocycles. The van der Waals surface area contributed by atoms with Crippen molar-refractivity contribution in [3.63, 3.8) is 0 Å². The Hall–Kier alpha value is -3.97. The highest BCUT2D eigenvalue weighted by Crippen LogP contribution is 2.22. The van der Waals surface area contributed by atoms with Crippen LogP contribution in [0.4, 0.5) is 0 Å². The average molecular weight is 470 g/mol. The fourth-order valence-corrected chi connectivity index (χ4v) is 4.59. The number of hydrogen-bond donors (Lipinski definition) is 1. The maximum atomic E-state index is 13.1. The topological polar surface area (TPSA) is 79.0 Å². The minimum atomic E-state index is -0.713. The summed E-state index contributed by atoms with van der Waals surface area (Å²) in [6, 6.07) is 25.7. The smallest absolute Gasteiger partial charge is 0.253 e. The van der Waals surface area contributed by atoms with Gasteiger partial charge in [-0.1, -0.05) is 72.8 Å². The van der Waals surface area contributed by atoms with Crippen molar-refractivity contribution in [1.82, 2.24) is 15.1 Å². The minimum absolute atomic E-state index is 0.110. The molecule has 0 aromatic heterocycles. The number of nitrogens with one attached hydrogen (secondary N) is 1. The van der Waals surface area contributed by atoms with E-state index in [2.05, 4.69) is 5.32 Å². The predicted molar refractivity (Wildman–Crippen MR) is 131 cm³/mol. The van der Waals surface area contributed by atoms with Crippen LogP contribution in [0.25, 0.3) is 11.1 Å². The van der Waals surface area contributed by atoms with Gasteiger partial charge in [-0.05, 0) is 28.8 Å². The zero-order valence-electron chi connectivity index (χ0n) is 19.3. The summed E-state index contributed by atoms with van der Waals surface area (Å²) in [6.45, 7) is 1.36. The lowest BCUT2D eigenvalue weighted by Gasteiger charge is -2.45. The van der Waals surface area contributed by atoms with Crippen LogP contribution in [-0.4, -0.2) is 65.8 Å². The first kappa shape index (κ1) is 22.8. The number of hydrogen-bond acceptors (Lipinski definition) is 4. The van der Waals surface area contributed by atoms with Gasteiger partial charge in [-0.15, -0.1) is 0 Å². The highest BCUT2D eigenvalue weighted by Gasteiger charge is 2.44. The predicted octanol–water partition coefficient (Wildman–Crippen LogP) is 2.72. The van der Waals surface area contributed by atoms with Crippen LogP contribution < -0.4 is 5.32 Å². The summed E-state index contributed by atoms with van der Waals surface area (Å²) in [6.07, 6.45) is 0. The largest absolute Gasteiger partial charge is 0.374 e. The Bertz CT molecular complexity index is 1200. The number of rotatable bonds is 6. The van der Waals surface area contributed by atoms with Crippen molar-refractivity contribution in [1.29, 1.82) is 0 Å². The van der Waals surface area contributed by atoms with E-state index in [-0.39, 0.29) is 30.9 Å². The molecule has 0 radical (unpaired) electrons. The second-order valence-electron chi connectivity index (χ2n) is 8.80. The van der Waals surface area contributed by atoms with Gasteiger partial charge in [-0.3, -0.25) is 14.4 Å². The van der Waals surface area contributed by atoms with Gasteiger partial charge in [-0.2, -0.15) is 0 Å². The standard InChI is InChI=1S/C28H27N3O4/c32-26-25-17-30(27(33)23-13-11-22(12-14-23)21-9-5-2-6-10-21)15-16-31(25)28(34)24(29-26)19-35-18-20-7-3-1-4-8-20/h1-14,24-25H,15-19H2,(H,29,32)/t24-,25+/m0/s1. The Balaban J connectivity index is 1.19. The van der Waals surface area contributed by atoms with Crippen LogP contribution in [0.5, 0.6) is 0 Å². The quantitative estimate of drug-likeness (QED) is 0.602. The molecule has 2 fully saturated rings. The first-order chi connectivity index (χ1) is 17.1. The fraction of sp³-hybridized carbons (Fsp3) is 0.250. The van der Waals surface area contributed by atoms with Crippen molar-refractivity contribution in [3.8, 4) is 11.1 Å². The van der Waals surface area contributed by atoms with Crippen LogP contribution in [0.3, 0.4) is 0 Å². The Morgan fingerprint density at radius 1 is 0.857 bits per heavy atom. The number of ether oxygens (including phenoxy) is 1. The number of nitrogens with zero attached hydrogens (tertiary/aromatic N) is 2. The maximum Gasteiger partial charge on any atom is 0.253 e. The van der Waals surface area contributed by atoms with Crippen molar-refractivity contribution in [2.24, 2.45) is 0 Å². The summed E-state index contributed by atoms with van der Waals surface area (Å²) in [7, 11) is 0. The molecule has 35 heavy (non-hydrogen) atoms. The number of benzene rings is 3. The Morgan fingerprint density at radius 2 is 1.51 bits per heavy atom. The molecule has 7 nitrogen and oxygen atoms in total. The van der Waals surface area contributed by atoms with Crippen molar-refractivity contribution in [2.45, 2.75) is 18.7 Å². The number of carbonyl (C=O) groups excluding carboxylic acids is 3. The van der Waals surface area contributed by atoms with Gasteiger partial charge in [0.2, 0.25) is 11.8 Å². The van der Waals surface area contributed by atoms with E-state index in [0.717, 1.165) is 16.7 Å². The molecule has 7 heteroatoms. The van der Waals surface area contributed by atoms with Gasteiger partial charge in [0.25, 0.3) is 5.91 Å². The van der Waals surface area contributed by atoms with Crippen molar-refractivity contribution < 1.29 is 19.1 Å². The molecule has 3 aromatic rings. The van der Waals surface area contributed by atoms with Gasteiger partial charge in [0.15, 0.2) is 0 Å². The second kappa shape index (κ2) is 10.1. The van der Waals surface area contributed by atoms with E-state index in [1.807, 2.05) is 84.9 Å². The third-order valence-electron chi connectivity index (χ3n) is 6.50. The monoisotopic (exact) mass is 469 g/mol. The first-order valence-corrected chi connectivity index (χ1v) is 11.8. The molecule has 0 spiro atoms. The molecule has 2 saturated heterocycles. The molecule has 0 bridgehead atoms. The summed E-state index contributed by atoms with van der Waals surface area (Å²) in [5.41, 5.74) is 3.68. The number of fused-ring (bicyclic) bond motifs is 1. The third kappa shape index (κ3) is 4.95. The van der Waals surface area contributed by atoms with E-state index in [9.17, 15) is 14.4 Å². The van der Waals surface area contributed by atoms with Crippen molar-refractivity contribution in [2.75, 3.05) is 26.2 Å². The van der Waals surface area contributed by atoms with Gasteiger partial charge >= 0.3 is 0 Å². The van der Waals surface area contributed by atoms with Gasteiger partial charge in [0.05, 0.1) is 19.8 Å². The van der Waals surface area contributed by atoms with E-state index in [0.29, 0.717) is 25.3 Å². The summed E-state index contributed by atoms with van der Waals surface area (Å²) >= 11 is 0. The zero-order chi connectivity index (χ0) is 24.2. The fourth-order valence-electron chi connectivity index (χ4n) is 4.59. The summed E-state index contributed by atoms with van der Waals surface area (Å²) in [4.78, 5) is 42.2. The van der Waals surface area contributed by atoms with Crippen LogP contribution in [0.15, 0.2) is 84.9 Å². The summed E-state index contributed by atoms with van der Waals surface area (Å²) in [5, 5.41) is 2.78. The van der Waals surface area contributed by atoms with Gasteiger partial charge in [0.1, 0.15) is 12.1 Å². The van der Waals surface area contributed by atoms with Crippen molar-refractivity contribution in [3.05, 3.63) is 96.1 Å². The molecule has 2 heterocycles. The van der Waals surface area contributed by atoms with Gasteiger partial charge in [-0.25, -0.2) is 0 Å². The van der Waals surface area contributed by atoms with Crippen LogP contribution in [0.2, 0.25) is 0 Å². The normalized spacial score (nSPS) is 19.8. The lowest BCUT2D eigenvalue weighted by atomic mass is 10.0. The third-order valence-corrected chi connectivity index (χ3v) is 6.50. The van der Waals surface area contributed by atoms with Gasteiger partial charge in [0, 0.05) is 18.7 Å². The molecule has 3 amide bonds. The first-order valence-electron chi connectivity index (χ1n) is 11.8. The van der Waals surface area contributed by atoms with E-state index >= 15 is 0 Å². The van der Waals surface area contributed by atoms with Crippen LogP contribution in [-0.2, 0) is 20.9 Å². The molecule has 0 unspecified atom stereocenters. The lowest BCUT2D eigenvalue weighted by molar-refractivity contribution is -0.154. The molecule has 2 atom stereocenters. The average Bonchev–Trinajstić information content (AvgIpc) is 2.92. The second-order valence-corrected chi connectivity index (χ2v) is 8.80. The van der Waals surface area contributed by atoms with Crippen LogP contribution >= 0.6 is 0 Å². The molecule has 5 rings (SSSR count). The SMILES string of the molecule is O=C1N[C@@H](COCc2ccccc2)C(=O)N2CCN(C(=O)c3ccc(-c4ccccc4)cc3)C[C@H]12. The summed E-state index contributed by atoms with van der Waals surface area (Å²) in [5.74, 6) is -0.561. The molecule has 3 aromatic carbocycles. The molecule has 2 aliphatic rings. The number of carbonyl (C=O) groups is 3. The van der Waals surface area contributed by atoms with E-state index in [1.54, 1.807) is 9.80 Å². The molecule has 0 saturated carbocycles. The number of amides is 3. The Labute approximate surface area is 204 Å². The molecular formula is C28H27N3O4. The number of piperazine rings is 2. The Kier molecular flexibility index (Phi) is 6.59. The van der Waals surface area contributed by atoms with E-state index in [4.69, 9.17) is 4.74 Å². The maximum absolute atomic E-state index is 13.1. The Morgan fingerprint density at radius 3 is 2.23 bits per heavy atom. The van der Waals surface area contributed by atoms with Crippen LogP contribution in [0, 0.1) is 0 Å². The van der Waals surface area contributed by atoms with Crippen LogP contribution in [0.1, 0.15) is 15.9 Å². The molecule has 2 aliphatic heterocycles. The molecule has 1 N–H and O–H groups in total. The van der Waals surface area contributed by atoms with E-state index < -0.39 is 12.1 Å². The molecule has 178 valence electrons. The highest BCUT2D eigenvalue weighted by molar-refractivity contribution is 5.99. The minimum Gasteiger partial charge on any atom is -0.374 e. The highest BCUT2D eigenvalue weighted by atomic mass is 16.5. The van der Waals surface area contributed by atoms with Gasteiger partial charge < -0.3 is 19.9 Å².